The normalized spacial score (nSPS) is 10.6. The van der Waals surface area contributed by atoms with Crippen LogP contribution in [0.2, 0.25) is 0 Å². The Labute approximate surface area is 119 Å². The Balaban J connectivity index is 2.11. The van der Waals surface area contributed by atoms with Crippen LogP contribution in [0.5, 0.6) is 0 Å². The lowest BCUT2D eigenvalue weighted by Gasteiger charge is -2.19. The lowest BCUT2D eigenvalue weighted by molar-refractivity contribution is 0.628. The second-order valence-corrected chi connectivity index (χ2v) is 4.70. The minimum absolute atomic E-state index is 0.229. The highest BCUT2D eigenvalue weighted by Crippen LogP contribution is 2.21. The third kappa shape index (κ3) is 3.78. The molecule has 0 aliphatic carbocycles. The van der Waals surface area contributed by atoms with E-state index in [1.165, 1.54) is 12.1 Å². The Kier molecular flexibility index (Phi) is 5.07. The van der Waals surface area contributed by atoms with Crippen molar-refractivity contribution in [3.63, 3.8) is 0 Å². The quantitative estimate of drug-likeness (QED) is 0.817. The lowest BCUT2D eigenvalue weighted by Crippen LogP contribution is -2.16. The molecule has 4 heteroatoms. The van der Waals surface area contributed by atoms with Gasteiger partial charge < -0.3 is 10.2 Å². The number of hydrogen-bond acceptors (Lipinski definition) is 3. The van der Waals surface area contributed by atoms with Gasteiger partial charge in [0, 0.05) is 19.3 Å². The summed E-state index contributed by atoms with van der Waals surface area (Å²) in [6.45, 7) is 3.89. The molecule has 0 aliphatic heterocycles. The standard InChI is InChI=1S/C16H20FN3/c1-3-11-18-12-14-5-4-6-16(19-14)20(2)15-9-7-13(17)8-10-15/h4-10,18H,3,11-12H2,1-2H3. The van der Waals surface area contributed by atoms with Gasteiger partial charge in [-0.3, -0.25) is 0 Å². The summed E-state index contributed by atoms with van der Waals surface area (Å²) in [6, 6.07) is 12.4. The van der Waals surface area contributed by atoms with E-state index >= 15 is 0 Å². The average molecular weight is 273 g/mol. The van der Waals surface area contributed by atoms with Gasteiger partial charge in [-0.1, -0.05) is 13.0 Å². The van der Waals surface area contributed by atoms with Gasteiger partial charge in [-0.2, -0.15) is 0 Å². The molecule has 0 saturated carbocycles. The molecular weight excluding hydrogens is 253 g/mol. The number of pyridine rings is 1. The highest BCUT2D eigenvalue weighted by atomic mass is 19.1. The first-order valence-electron chi connectivity index (χ1n) is 6.86. The van der Waals surface area contributed by atoms with Crippen LogP contribution < -0.4 is 10.2 Å². The van der Waals surface area contributed by atoms with E-state index in [0.29, 0.717) is 0 Å². The van der Waals surface area contributed by atoms with Crippen LogP contribution in [-0.2, 0) is 6.54 Å². The third-order valence-corrected chi connectivity index (χ3v) is 3.08. The van der Waals surface area contributed by atoms with Gasteiger partial charge in [0.2, 0.25) is 0 Å². The fraction of sp³-hybridized carbons (Fsp3) is 0.312. The second kappa shape index (κ2) is 7.01. The van der Waals surface area contributed by atoms with E-state index in [1.54, 1.807) is 12.1 Å². The first kappa shape index (κ1) is 14.5. The Morgan fingerprint density at radius 1 is 1.15 bits per heavy atom. The van der Waals surface area contributed by atoms with Crippen LogP contribution in [0.25, 0.3) is 0 Å². The molecule has 20 heavy (non-hydrogen) atoms. The van der Waals surface area contributed by atoms with Crippen LogP contribution in [0, 0.1) is 5.82 Å². The fourth-order valence-corrected chi connectivity index (χ4v) is 1.94. The summed E-state index contributed by atoms with van der Waals surface area (Å²) >= 11 is 0. The summed E-state index contributed by atoms with van der Waals surface area (Å²) in [5, 5.41) is 3.33. The number of nitrogens with one attached hydrogen (secondary N) is 1. The molecule has 0 spiro atoms. The van der Waals surface area contributed by atoms with Crippen molar-refractivity contribution in [2.45, 2.75) is 19.9 Å². The van der Waals surface area contributed by atoms with Crippen molar-refractivity contribution in [3.8, 4) is 0 Å². The summed E-state index contributed by atoms with van der Waals surface area (Å²) in [4.78, 5) is 6.56. The van der Waals surface area contributed by atoms with Crippen LogP contribution in [0.3, 0.4) is 0 Å². The minimum Gasteiger partial charge on any atom is -0.329 e. The largest absolute Gasteiger partial charge is 0.329 e. The van der Waals surface area contributed by atoms with E-state index in [9.17, 15) is 4.39 Å². The number of rotatable bonds is 6. The van der Waals surface area contributed by atoms with Crippen LogP contribution in [0.1, 0.15) is 19.0 Å². The number of nitrogens with zero attached hydrogens (tertiary/aromatic N) is 2. The van der Waals surface area contributed by atoms with E-state index in [-0.39, 0.29) is 5.82 Å². The zero-order chi connectivity index (χ0) is 14.4. The van der Waals surface area contributed by atoms with Crippen LogP contribution in [0.4, 0.5) is 15.9 Å². The van der Waals surface area contributed by atoms with Gasteiger partial charge >= 0.3 is 0 Å². The van der Waals surface area contributed by atoms with Crippen molar-refractivity contribution >= 4 is 11.5 Å². The first-order chi connectivity index (χ1) is 9.70. The number of aromatic nitrogens is 1. The van der Waals surface area contributed by atoms with Gasteiger partial charge in [-0.15, -0.1) is 0 Å². The van der Waals surface area contributed by atoms with Crippen molar-refractivity contribution in [1.82, 2.24) is 10.3 Å². The van der Waals surface area contributed by atoms with Gasteiger partial charge in [0.05, 0.1) is 5.69 Å². The molecule has 1 aromatic heterocycles. The zero-order valence-corrected chi connectivity index (χ0v) is 11.9. The van der Waals surface area contributed by atoms with Gasteiger partial charge in [-0.25, -0.2) is 9.37 Å². The van der Waals surface area contributed by atoms with Crippen molar-refractivity contribution in [2.24, 2.45) is 0 Å². The van der Waals surface area contributed by atoms with Gasteiger partial charge in [0.1, 0.15) is 11.6 Å². The third-order valence-electron chi connectivity index (χ3n) is 3.08. The molecule has 106 valence electrons. The summed E-state index contributed by atoms with van der Waals surface area (Å²) in [7, 11) is 1.93. The van der Waals surface area contributed by atoms with E-state index in [1.807, 2.05) is 30.1 Å². The molecule has 0 unspecified atom stereocenters. The molecular formula is C16H20FN3. The van der Waals surface area contributed by atoms with E-state index in [2.05, 4.69) is 17.2 Å². The van der Waals surface area contributed by atoms with Gasteiger partial charge in [0.15, 0.2) is 0 Å². The van der Waals surface area contributed by atoms with Gasteiger partial charge in [-0.05, 0) is 49.4 Å². The van der Waals surface area contributed by atoms with E-state index in [4.69, 9.17) is 0 Å². The maximum absolute atomic E-state index is 12.9. The topological polar surface area (TPSA) is 28.2 Å². The molecule has 1 heterocycles. The number of hydrogen-bond donors (Lipinski definition) is 1. The smallest absolute Gasteiger partial charge is 0.133 e. The Morgan fingerprint density at radius 3 is 2.60 bits per heavy atom. The summed E-state index contributed by atoms with van der Waals surface area (Å²) < 4.78 is 12.9. The van der Waals surface area contributed by atoms with Crippen LogP contribution in [0.15, 0.2) is 42.5 Å². The highest BCUT2D eigenvalue weighted by Gasteiger charge is 2.06. The maximum Gasteiger partial charge on any atom is 0.133 e. The SMILES string of the molecule is CCCNCc1cccc(N(C)c2ccc(F)cc2)n1. The summed E-state index contributed by atoms with van der Waals surface area (Å²) in [5.41, 5.74) is 1.92. The second-order valence-electron chi connectivity index (χ2n) is 4.70. The summed E-state index contributed by atoms with van der Waals surface area (Å²) in [5.74, 6) is 0.625. The Morgan fingerprint density at radius 2 is 1.90 bits per heavy atom. The first-order valence-corrected chi connectivity index (χ1v) is 6.86. The number of benzene rings is 1. The molecule has 1 N–H and O–H groups in total. The van der Waals surface area contributed by atoms with Crippen LogP contribution >= 0.6 is 0 Å². The molecule has 0 amide bonds. The molecule has 0 fully saturated rings. The number of anilines is 2. The molecule has 1 aromatic carbocycles. The van der Waals surface area contributed by atoms with Crippen molar-refractivity contribution in [2.75, 3.05) is 18.5 Å². The van der Waals surface area contributed by atoms with Gasteiger partial charge in [0.25, 0.3) is 0 Å². The molecule has 3 nitrogen and oxygen atoms in total. The fourth-order valence-electron chi connectivity index (χ4n) is 1.94. The monoisotopic (exact) mass is 273 g/mol. The lowest BCUT2D eigenvalue weighted by atomic mass is 10.2. The molecule has 2 aromatic rings. The van der Waals surface area contributed by atoms with E-state index < -0.39 is 0 Å². The Bertz CT molecular complexity index is 540. The molecule has 0 bridgehead atoms. The average Bonchev–Trinajstić information content (AvgIpc) is 2.48. The van der Waals surface area contributed by atoms with Crippen molar-refractivity contribution < 1.29 is 4.39 Å². The molecule has 0 aliphatic rings. The Hall–Kier alpha value is -1.94. The molecule has 0 atom stereocenters. The minimum atomic E-state index is -0.229. The predicted molar refractivity (Wildman–Crippen MR) is 80.7 cm³/mol. The van der Waals surface area contributed by atoms with Crippen LogP contribution in [-0.4, -0.2) is 18.6 Å². The van der Waals surface area contributed by atoms with Crippen molar-refractivity contribution in [1.29, 1.82) is 0 Å². The van der Waals surface area contributed by atoms with Crippen molar-refractivity contribution in [3.05, 3.63) is 54.0 Å². The molecule has 0 saturated heterocycles. The summed E-state index contributed by atoms with van der Waals surface area (Å²) in [6.07, 6.45) is 1.11. The zero-order valence-electron chi connectivity index (χ0n) is 11.9. The predicted octanol–water partition coefficient (Wildman–Crippen LogP) is 3.49. The highest BCUT2D eigenvalue weighted by molar-refractivity contribution is 5.58. The maximum atomic E-state index is 12.9. The number of halogens is 1. The molecule has 2 rings (SSSR count). The molecule has 0 radical (unpaired) electrons. The van der Waals surface area contributed by atoms with E-state index in [0.717, 1.165) is 36.7 Å².